The quantitative estimate of drug-likeness (QED) is 0.0585. The molecular weight excluding hydrogens is 825 g/mol. The van der Waals surface area contributed by atoms with Crippen LogP contribution in [0.5, 0.6) is 0 Å². The Morgan fingerprint density at radius 2 is 1.27 bits per heavy atom. The van der Waals surface area contributed by atoms with E-state index < -0.39 is 49.9 Å². The Morgan fingerprint density at radius 1 is 0.688 bits per heavy atom. The van der Waals surface area contributed by atoms with Crippen molar-refractivity contribution in [2.45, 2.75) is 104 Å². The van der Waals surface area contributed by atoms with Gasteiger partial charge in [-0.1, -0.05) is 85.8 Å². The number of rotatable bonds is 13. The number of carbonyl (C=O) groups is 4. The van der Waals surface area contributed by atoms with Crippen molar-refractivity contribution in [2.24, 2.45) is 0 Å². The highest BCUT2D eigenvalue weighted by molar-refractivity contribution is 6.76. The van der Waals surface area contributed by atoms with Crippen molar-refractivity contribution >= 4 is 43.6 Å². The molecule has 64 heavy (non-hydrogen) atoms. The molecule has 2 bridgehead atoms. The Morgan fingerprint density at radius 3 is 1.88 bits per heavy atom. The van der Waals surface area contributed by atoms with Crippen LogP contribution in [0.2, 0.25) is 25.7 Å². The van der Waals surface area contributed by atoms with Crippen molar-refractivity contribution in [1.29, 1.82) is 0 Å². The van der Waals surface area contributed by atoms with Crippen molar-refractivity contribution in [3.8, 4) is 23.7 Å². The zero-order valence-electron chi connectivity index (χ0n) is 37.8. The van der Waals surface area contributed by atoms with Crippen LogP contribution in [0, 0.1) is 23.7 Å². The summed E-state index contributed by atoms with van der Waals surface area (Å²) < 4.78 is 21.5. The molecule has 0 saturated heterocycles. The van der Waals surface area contributed by atoms with Gasteiger partial charge in [0.1, 0.15) is 24.3 Å². The van der Waals surface area contributed by atoms with Gasteiger partial charge in [0.25, 0.3) is 0 Å². The van der Waals surface area contributed by atoms with Crippen LogP contribution in [-0.2, 0) is 54.7 Å². The smallest absolute Gasteiger partial charge is 0.408 e. The van der Waals surface area contributed by atoms with E-state index in [0.717, 1.165) is 64.0 Å². The first-order chi connectivity index (χ1) is 30.5. The van der Waals surface area contributed by atoms with E-state index >= 15 is 0 Å². The largest absolute Gasteiger partial charge is 0.464 e. The number of amides is 2. The standard InChI is InChI=1S/C51H58N4O8Si/c1-8-60-47(56)43(52-50(59)63-51(2,3)4)16-12-15-37-23-25-45-41(29-37)32-54-35-55(45)33-42-30-38(24-26-46(42)54)20-17-36-18-21-39(22-19-36)31-44(48(57)61-27-28-64(5,6)7)53-49(58)62-34-40-13-10-9-11-14-40/h9-11,13-14,18-19,21-26,29-30,43-44H,8,16,27-28,31-35H2,1-7H3,(H,52,59)(H,53,58)/t43-,44-/m0/s1. The van der Waals surface area contributed by atoms with Crippen molar-refractivity contribution in [3.63, 3.8) is 0 Å². The number of nitrogens with zero attached hydrogens (tertiary/aromatic N) is 2. The van der Waals surface area contributed by atoms with Crippen LogP contribution in [0.3, 0.4) is 0 Å². The van der Waals surface area contributed by atoms with Crippen LogP contribution in [0.25, 0.3) is 0 Å². The maximum atomic E-state index is 13.2. The molecule has 0 unspecified atom stereocenters. The molecule has 0 aromatic heterocycles. The summed E-state index contributed by atoms with van der Waals surface area (Å²) in [6, 6.07) is 28.4. The zero-order chi connectivity index (χ0) is 45.9. The minimum Gasteiger partial charge on any atom is -0.464 e. The molecule has 334 valence electrons. The molecule has 0 radical (unpaired) electrons. The second kappa shape index (κ2) is 21.1. The predicted octanol–water partition coefficient (Wildman–Crippen LogP) is 8.30. The van der Waals surface area contributed by atoms with Gasteiger partial charge in [0.2, 0.25) is 0 Å². The van der Waals surface area contributed by atoms with Gasteiger partial charge in [-0.2, -0.15) is 0 Å². The van der Waals surface area contributed by atoms with E-state index in [9.17, 15) is 19.2 Å². The Hall–Kier alpha value is -6.70. The molecule has 2 atom stereocenters. The second-order valence-corrected chi connectivity index (χ2v) is 23.7. The van der Waals surface area contributed by atoms with Gasteiger partial charge in [-0.15, -0.1) is 0 Å². The monoisotopic (exact) mass is 882 g/mol. The maximum absolute atomic E-state index is 13.2. The van der Waals surface area contributed by atoms with Crippen molar-refractivity contribution in [1.82, 2.24) is 10.6 Å². The molecular formula is C51H58N4O8Si. The summed E-state index contributed by atoms with van der Waals surface area (Å²) in [6.07, 6.45) is -1.08. The molecule has 0 aliphatic carbocycles. The number of carbonyl (C=O) groups excluding carboxylic acids is 4. The molecule has 0 spiro atoms. The van der Waals surface area contributed by atoms with E-state index in [1.54, 1.807) is 27.7 Å². The topological polar surface area (TPSA) is 136 Å². The summed E-state index contributed by atoms with van der Waals surface area (Å²) >= 11 is 0. The lowest BCUT2D eigenvalue weighted by Crippen LogP contribution is -2.46. The van der Waals surface area contributed by atoms with Crippen LogP contribution in [0.1, 0.15) is 73.1 Å². The summed E-state index contributed by atoms with van der Waals surface area (Å²) in [6.45, 7) is 16.4. The molecule has 13 heteroatoms. The third kappa shape index (κ3) is 13.9. The van der Waals surface area contributed by atoms with Crippen molar-refractivity contribution in [2.75, 3.05) is 29.7 Å². The first kappa shape index (κ1) is 46.8. The molecule has 2 amide bonds. The van der Waals surface area contributed by atoms with Crippen LogP contribution >= 0.6 is 0 Å². The number of benzene rings is 4. The van der Waals surface area contributed by atoms with E-state index in [0.29, 0.717) is 13.2 Å². The number of fused-ring (bicyclic) bond motifs is 6. The van der Waals surface area contributed by atoms with E-state index in [4.69, 9.17) is 18.9 Å². The molecule has 4 aromatic rings. The minimum atomic E-state index is -1.43. The average Bonchev–Trinajstić information content (AvgIpc) is 3.24. The fraction of sp³-hybridized carbons (Fsp3) is 0.373. The molecule has 12 nitrogen and oxygen atoms in total. The summed E-state index contributed by atoms with van der Waals surface area (Å²) in [4.78, 5) is 55.6. The van der Waals surface area contributed by atoms with E-state index in [1.807, 2.05) is 66.7 Å². The van der Waals surface area contributed by atoms with Gasteiger partial charge >= 0.3 is 24.1 Å². The molecule has 0 saturated carbocycles. The Labute approximate surface area is 378 Å². The number of anilines is 2. The highest BCUT2D eigenvalue weighted by Crippen LogP contribution is 2.38. The Kier molecular flexibility index (Phi) is 15.4. The molecule has 4 aromatic carbocycles. The number of hydrogen-bond donors (Lipinski definition) is 2. The summed E-state index contributed by atoms with van der Waals surface area (Å²) in [5.74, 6) is 11.8. The van der Waals surface area contributed by atoms with Gasteiger partial charge in [-0.3, -0.25) is 0 Å². The average molecular weight is 883 g/mol. The molecule has 2 aliphatic heterocycles. The number of nitrogens with one attached hydrogen (secondary N) is 2. The normalized spacial score (nSPS) is 13.5. The number of esters is 2. The third-order valence-corrected chi connectivity index (χ3v) is 12.0. The molecule has 2 N–H and O–H groups in total. The molecule has 2 heterocycles. The van der Waals surface area contributed by atoms with Crippen LogP contribution in [0.4, 0.5) is 21.0 Å². The lowest BCUT2D eigenvalue weighted by Gasteiger charge is -2.44. The molecule has 0 fully saturated rings. The van der Waals surface area contributed by atoms with E-state index in [-0.39, 0.29) is 26.1 Å². The maximum Gasteiger partial charge on any atom is 0.408 e. The fourth-order valence-corrected chi connectivity index (χ4v) is 7.86. The highest BCUT2D eigenvalue weighted by Gasteiger charge is 2.30. The van der Waals surface area contributed by atoms with E-state index in [2.05, 4.69) is 88.0 Å². The van der Waals surface area contributed by atoms with Gasteiger partial charge in [0, 0.05) is 62.1 Å². The number of alkyl carbamates (subject to hydrolysis) is 2. The lowest BCUT2D eigenvalue weighted by atomic mass is 9.98. The summed E-state index contributed by atoms with van der Waals surface area (Å²) in [5, 5.41) is 5.32. The lowest BCUT2D eigenvalue weighted by molar-refractivity contribution is -0.146. The Bertz CT molecular complexity index is 2440. The third-order valence-electron chi connectivity index (χ3n) is 10.3. The highest BCUT2D eigenvalue weighted by atomic mass is 28.3. The van der Waals surface area contributed by atoms with Crippen LogP contribution < -0.4 is 20.4 Å². The summed E-state index contributed by atoms with van der Waals surface area (Å²) in [7, 11) is -1.43. The van der Waals surface area contributed by atoms with Gasteiger partial charge in [0.05, 0.1) is 19.9 Å². The van der Waals surface area contributed by atoms with Crippen molar-refractivity contribution in [3.05, 3.63) is 130 Å². The zero-order valence-corrected chi connectivity index (χ0v) is 38.8. The van der Waals surface area contributed by atoms with Gasteiger partial charge in [0.15, 0.2) is 0 Å². The SMILES string of the molecule is CCOC(=O)[C@H](CC#Cc1ccc2c(c1)CN1CN2Cc2cc(C#Cc3ccc(C[C@H](NC(=O)OCc4ccccc4)C(=O)OCC[Si](C)(C)C)cc3)ccc21)NC(=O)OC(C)(C)C. The van der Waals surface area contributed by atoms with Gasteiger partial charge < -0.3 is 39.4 Å². The van der Waals surface area contributed by atoms with Crippen molar-refractivity contribution < 1.29 is 38.1 Å². The number of ether oxygens (including phenoxy) is 4. The van der Waals surface area contributed by atoms with E-state index in [1.165, 1.54) is 5.56 Å². The van der Waals surface area contributed by atoms with Gasteiger partial charge in [-0.05, 0) is 105 Å². The second-order valence-electron chi connectivity index (χ2n) is 18.1. The fourth-order valence-electron chi connectivity index (χ4n) is 7.14. The summed E-state index contributed by atoms with van der Waals surface area (Å²) in [5.41, 5.74) is 8.14. The Balaban J connectivity index is 1.07. The number of hydrogen-bond acceptors (Lipinski definition) is 10. The van der Waals surface area contributed by atoms with Gasteiger partial charge in [-0.25, -0.2) is 19.2 Å². The molecule has 2 aliphatic rings. The van der Waals surface area contributed by atoms with Crippen LogP contribution in [-0.4, -0.2) is 69.8 Å². The minimum absolute atomic E-state index is 0.0715. The van der Waals surface area contributed by atoms with Crippen LogP contribution in [0.15, 0.2) is 91.0 Å². The first-order valence-electron chi connectivity index (χ1n) is 21.7. The predicted molar refractivity (Wildman–Crippen MR) is 250 cm³/mol. The first-order valence-corrected chi connectivity index (χ1v) is 25.4. The molecule has 6 rings (SSSR count).